The van der Waals surface area contributed by atoms with Crippen molar-refractivity contribution in [2.24, 2.45) is 0 Å². The van der Waals surface area contributed by atoms with Gasteiger partial charge in [0.1, 0.15) is 5.82 Å². The molecule has 0 spiro atoms. The summed E-state index contributed by atoms with van der Waals surface area (Å²) in [6, 6.07) is 7.27. The van der Waals surface area contributed by atoms with Gasteiger partial charge in [-0.15, -0.1) is 0 Å². The number of hydrogen-bond donors (Lipinski definition) is 2. The Morgan fingerprint density at radius 2 is 1.73 bits per heavy atom. The van der Waals surface area contributed by atoms with Crippen LogP contribution < -0.4 is 15.5 Å². The molecule has 0 aliphatic rings. The van der Waals surface area contributed by atoms with E-state index in [0.29, 0.717) is 5.82 Å². The number of alkyl halides is 3. The van der Waals surface area contributed by atoms with E-state index < -0.39 is 23.6 Å². The molecule has 0 aliphatic carbocycles. The standard InChI is InChI=1S/C17H17F3N4O2/c1-24(2)14-9-11(7-8-21-14)10-22-15(25)16(26)23-13-5-3-12(4-6-13)17(18,19)20/h3-9H,10H2,1-2H3,(H,22,25)(H,23,26). The Kier molecular flexibility index (Phi) is 5.81. The van der Waals surface area contributed by atoms with Crippen molar-refractivity contribution in [3.63, 3.8) is 0 Å². The van der Waals surface area contributed by atoms with Crippen LogP contribution in [0.4, 0.5) is 24.7 Å². The lowest BCUT2D eigenvalue weighted by Gasteiger charge is -2.12. The van der Waals surface area contributed by atoms with Crippen molar-refractivity contribution >= 4 is 23.3 Å². The fraction of sp³-hybridized carbons (Fsp3) is 0.235. The number of rotatable bonds is 4. The number of nitrogens with one attached hydrogen (secondary N) is 2. The summed E-state index contributed by atoms with van der Waals surface area (Å²) in [6.45, 7) is 0.114. The Bertz CT molecular complexity index is 789. The molecule has 2 rings (SSSR count). The largest absolute Gasteiger partial charge is 0.416 e. The van der Waals surface area contributed by atoms with E-state index >= 15 is 0 Å². The number of benzene rings is 1. The van der Waals surface area contributed by atoms with E-state index in [1.807, 2.05) is 14.1 Å². The van der Waals surface area contributed by atoms with Crippen molar-refractivity contribution in [3.05, 3.63) is 53.7 Å². The van der Waals surface area contributed by atoms with Crippen LogP contribution in [-0.4, -0.2) is 30.9 Å². The summed E-state index contributed by atoms with van der Waals surface area (Å²) in [4.78, 5) is 29.6. The van der Waals surface area contributed by atoms with Gasteiger partial charge in [-0.2, -0.15) is 13.2 Å². The molecule has 138 valence electrons. The van der Waals surface area contributed by atoms with Gasteiger partial charge in [0, 0.05) is 32.5 Å². The van der Waals surface area contributed by atoms with E-state index in [1.165, 1.54) is 0 Å². The SMILES string of the molecule is CN(C)c1cc(CNC(=O)C(=O)Nc2ccc(C(F)(F)F)cc2)ccn1. The number of pyridine rings is 1. The average molecular weight is 366 g/mol. The molecule has 1 heterocycles. The second kappa shape index (κ2) is 7.85. The number of hydrogen-bond acceptors (Lipinski definition) is 4. The highest BCUT2D eigenvalue weighted by molar-refractivity contribution is 6.39. The molecule has 0 fully saturated rings. The van der Waals surface area contributed by atoms with Crippen molar-refractivity contribution in [3.8, 4) is 0 Å². The highest BCUT2D eigenvalue weighted by atomic mass is 19.4. The number of carbonyl (C=O) groups is 2. The fourth-order valence-corrected chi connectivity index (χ4v) is 2.01. The van der Waals surface area contributed by atoms with Crippen LogP contribution >= 0.6 is 0 Å². The van der Waals surface area contributed by atoms with E-state index in [4.69, 9.17) is 0 Å². The van der Waals surface area contributed by atoms with Crippen LogP contribution in [-0.2, 0) is 22.3 Å². The molecular formula is C17H17F3N4O2. The van der Waals surface area contributed by atoms with Gasteiger partial charge in [-0.1, -0.05) is 0 Å². The van der Waals surface area contributed by atoms with Crippen molar-refractivity contribution < 1.29 is 22.8 Å². The van der Waals surface area contributed by atoms with Crippen LogP contribution in [0.1, 0.15) is 11.1 Å². The van der Waals surface area contributed by atoms with Gasteiger partial charge < -0.3 is 15.5 Å². The zero-order valence-corrected chi connectivity index (χ0v) is 14.1. The minimum atomic E-state index is -4.46. The van der Waals surface area contributed by atoms with Gasteiger partial charge >= 0.3 is 18.0 Å². The first-order valence-corrected chi connectivity index (χ1v) is 7.55. The first-order valence-electron chi connectivity index (χ1n) is 7.55. The molecule has 1 aromatic heterocycles. The van der Waals surface area contributed by atoms with Crippen molar-refractivity contribution in [2.75, 3.05) is 24.3 Å². The fourth-order valence-electron chi connectivity index (χ4n) is 2.01. The lowest BCUT2D eigenvalue weighted by Crippen LogP contribution is -2.35. The normalized spacial score (nSPS) is 11.0. The molecule has 6 nitrogen and oxygen atoms in total. The molecule has 0 bridgehead atoms. The third kappa shape index (κ3) is 5.20. The predicted octanol–water partition coefficient (Wildman–Crippen LogP) is 2.42. The molecule has 0 aliphatic heterocycles. The lowest BCUT2D eigenvalue weighted by molar-refractivity contribution is -0.137. The number of halogens is 3. The number of nitrogens with zero attached hydrogens (tertiary/aromatic N) is 2. The molecule has 1 aromatic carbocycles. The molecule has 2 aromatic rings. The maximum atomic E-state index is 12.5. The van der Waals surface area contributed by atoms with E-state index in [1.54, 1.807) is 23.2 Å². The number of anilines is 2. The minimum absolute atomic E-state index is 0.0944. The smallest absolute Gasteiger partial charge is 0.363 e. The Morgan fingerprint density at radius 3 is 2.31 bits per heavy atom. The number of carbonyl (C=O) groups excluding carboxylic acids is 2. The van der Waals surface area contributed by atoms with Gasteiger partial charge in [-0.3, -0.25) is 9.59 Å². The Balaban J connectivity index is 1.91. The van der Waals surface area contributed by atoms with E-state index in [-0.39, 0.29) is 12.2 Å². The lowest BCUT2D eigenvalue weighted by atomic mass is 10.2. The molecule has 0 saturated heterocycles. The van der Waals surface area contributed by atoms with Crippen LogP contribution in [0.25, 0.3) is 0 Å². The molecule has 0 radical (unpaired) electrons. The monoisotopic (exact) mass is 366 g/mol. The first kappa shape index (κ1) is 19.2. The molecule has 0 saturated carbocycles. The van der Waals surface area contributed by atoms with E-state index in [2.05, 4.69) is 15.6 Å². The van der Waals surface area contributed by atoms with Gasteiger partial charge in [0.25, 0.3) is 0 Å². The summed E-state index contributed by atoms with van der Waals surface area (Å²) in [5.74, 6) is -1.16. The quantitative estimate of drug-likeness (QED) is 0.815. The Hall–Kier alpha value is -3.10. The maximum absolute atomic E-state index is 12.5. The second-order valence-corrected chi connectivity index (χ2v) is 5.63. The second-order valence-electron chi connectivity index (χ2n) is 5.63. The molecule has 2 N–H and O–H groups in total. The Labute approximate surface area is 148 Å². The summed E-state index contributed by atoms with van der Waals surface area (Å²) in [5.41, 5.74) is 0.00525. The van der Waals surface area contributed by atoms with Crippen molar-refractivity contribution in [1.82, 2.24) is 10.3 Å². The molecule has 2 amide bonds. The summed E-state index contributed by atoms with van der Waals surface area (Å²) < 4.78 is 37.5. The summed E-state index contributed by atoms with van der Waals surface area (Å²) in [7, 11) is 3.64. The first-order chi connectivity index (χ1) is 12.2. The molecular weight excluding hydrogens is 349 g/mol. The van der Waals surface area contributed by atoms with E-state index in [9.17, 15) is 22.8 Å². The van der Waals surface area contributed by atoms with Crippen LogP contribution in [0.5, 0.6) is 0 Å². The van der Waals surface area contributed by atoms with Gasteiger partial charge in [0.15, 0.2) is 0 Å². The van der Waals surface area contributed by atoms with Gasteiger partial charge in [0.2, 0.25) is 0 Å². The number of amides is 2. The third-order valence-corrected chi connectivity index (χ3v) is 3.40. The zero-order chi connectivity index (χ0) is 19.3. The van der Waals surface area contributed by atoms with Crippen molar-refractivity contribution in [1.29, 1.82) is 0 Å². The zero-order valence-electron chi connectivity index (χ0n) is 14.1. The predicted molar refractivity (Wildman–Crippen MR) is 90.5 cm³/mol. The highest BCUT2D eigenvalue weighted by Gasteiger charge is 2.30. The summed E-state index contributed by atoms with van der Waals surface area (Å²) >= 11 is 0. The minimum Gasteiger partial charge on any atom is -0.363 e. The van der Waals surface area contributed by atoms with Crippen LogP contribution in [0.2, 0.25) is 0 Å². The molecule has 0 atom stereocenters. The topological polar surface area (TPSA) is 74.3 Å². The van der Waals surface area contributed by atoms with Crippen LogP contribution in [0.15, 0.2) is 42.6 Å². The van der Waals surface area contributed by atoms with Crippen LogP contribution in [0, 0.1) is 0 Å². The maximum Gasteiger partial charge on any atom is 0.416 e. The van der Waals surface area contributed by atoms with E-state index in [0.717, 1.165) is 29.8 Å². The van der Waals surface area contributed by atoms with Crippen molar-refractivity contribution in [2.45, 2.75) is 12.7 Å². The molecule has 9 heteroatoms. The van der Waals surface area contributed by atoms with Gasteiger partial charge in [-0.25, -0.2) is 4.98 Å². The molecule has 26 heavy (non-hydrogen) atoms. The average Bonchev–Trinajstić information content (AvgIpc) is 2.59. The molecule has 0 unspecified atom stereocenters. The third-order valence-electron chi connectivity index (χ3n) is 3.40. The highest BCUT2D eigenvalue weighted by Crippen LogP contribution is 2.29. The number of aromatic nitrogens is 1. The summed E-state index contributed by atoms with van der Waals surface area (Å²) in [5, 5.41) is 4.69. The van der Waals surface area contributed by atoms with Gasteiger partial charge in [0.05, 0.1) is 5.56 Å². The Morgan fingerprint density at radius 1 is 1.08 bits per heavy atom. The van der Waals surface area contributed by atoms with Gasteiger partial charge in [-0.05, 0) is 42.0 Å². The van der Waals surface area contributed by atoms with Crippen LogP contribution in [0.3, 0.4) is 0 Å². The summed E-state index contributed by atoms with van der Waals surface area (Å²) in [6.07, 6.45) is -2.88.